The lowest BCUT2D eigenvalue weighted by atomic mass is 9.97. The highest BCUT2D eigenvalue weighted by molar-refractivity contribution is 8.01. The molecule has 3 aliphatic heterocycles. The second-order valence-corrected chi connectivity index (χ2v) is 11.2. The minimum atomic E-state index is -0.554. The molecule has 39 heavy (non-hydrogen) atoms. The molecule has 3 aromatic rings. The summed E-state index contributed by atoms with van der Waals surface area (Å²) in [4.78, 5) is 47.2. The lowest BCUT2D eigenvalue weighted by Gasteiger charge is -2.36. The molecule has 0 saturated carbocycles. The molecule has 4 heterocycles. The highest BCUT2D eigenvalue weighted by atomic mass is 32.2. The number of likely N-dealkylation sites (tertiary alicyclic amines) is 1. The Bertz CT molecular complexity index is 1480. The fourth-order valence-corrected chi connectivity index (χ4v) is 6.87. The largest absolute Gasteiger partial charge is 0.351 e. The Morgan fingerprint density at radius 1 is 1.13 bits per heavy atom. The van der Waals surface area contributed by atoms with Gasteiger partial charge in [0.15, 0.2) is 0 Å². The molecule has 0 radical (unpaired) electrons. The molecule has 0 spiro atoms. The number of carbonyl (C=O) groups is 3. The predicted molar refractivity (Wildman–Crippen MR) is 152 cm³/mol. The Labute approximate surface area is 231 Å². The number of pyridine rings is 1. The van der Waals surface area contributed by atoms with Crippen LogP contribution in [0.1, 0.15) is 30.0 Å². The summed E-state index contributed by atoms with van der Waals surface area (Å²) in [6, 6.07) is 17.1. The molecule has 1 aromatic heterocycles. The van der Waals surface area contributed by atoms with Crippen LogP contribution in [-0.2, 0) is 9.59 Å². The summed E-state index contributed by atoms with van der Waals surface area (Å²) in [5.74, 6) is -0.292. The monoisotopic (exact) mass is 539 g/mol. The van der Waals surface area contributed by atoms with Crippen molar-refractivity contribution >= 4 is 41.0 Å². The Morgan fingerprint density at radius 3 is 2.74 bits per heavy atom. The summed E-state index contributed by atoms with van der Waals surface area (Å²) in [6.07, 6.45) is 4.61. The number of aryl methyl sites for hydroxylation is 1. The Hall–Kier alpha value is -4.11. The van der Waals surface area contributed by atoms with Gasteiger partial charge in [-0.3, -0.25) is 14.5 Å². The number of urea groups is 1. The van der Waals surface area contributed by atoms with Gasteiger partial charge in [-0.15, -0.1) is 0 Å². The van der Waals surface area contributed by atoms with Crippen LogP contribution in [-0.4, -0.2) is 52.1 Å². The fourth-order valence-electron chi connectivity index (χ4n) is 5.63. The summed E-state index contributed by atoms with van der Waals surface area (Å²) in [6.45, 7) is 6.67. The van der Waals surface area contributed by atoms with E-state index in [0.29, 0.717) is 13.1 Å². The van der Waals surface area contributed by atoms with Crippen molar-refractivity contribution in [3.8, 4) is 11.1 Å². The second kappa shape index (κ2) is 10.2. The van der Waals surface area contributed by atoms with E-state index >= 15 is 0 Å². The zero-order valence-electron chi connectivity index (χ0n) is 21.6. The van der Waals surface area contributed by atoms with E-state index < -0.39 is 11.3 Å². The molecule has 1 saturated heterocycles. The van der Waals surface area contributed by atoms with Crippen LogP contribution in [0.5, 0.6) is 0 Å². The molecule has 2 N–H and O–H groups in total. The third kappa shape index (κ3) is 4.57. The van der Waals surface area contributed by atoms with E-state index in [2.05, 4.69) is 28.3 Å². The summed E-state index contributed by atoms with van der Waals surface area (Å²) in [5.41, 5.74) is 5.43. The Kier molecular flexibility index (Phi) is 6.60. The smallest absolute Gasteiger partial charge is 0.327 e. The van der Waals surface area contributed by atoms with Gasteiger partial charge in [0, 0.05) is 30.9 Å². The average molecular weight is 540 g/mol. The number of anilines is 2. The number of piperidine rings is 1. The number of nitrogens with one attached hydrogen (secondary N) is 2. The van der Waals surface area contributed by atoms with Crippen LogP contribution in [0.2, 0.25) is 0 Å². The first kappa shape index (κ1) is 25.2. The maximum absolute atomic E-state index is 13.7. The van der Waals surface area contributed by atoms with Crippen LogP contribution in [0.25, 0.3) is 11.1 Å². The quantitative estimate of drug-likeness (QED) is 0.458. The molecule has 2 aromatic carbocycles. The SMILES string of the molecule is C=CC(=O)N1CCCC(NC(=O)[C@@H]2Sc3nccc4c3C2NC(=O)N4c2cc(-c3ccccc3)ccc2C)C1. The number of thioether (sulfide) groups is 1. The minimum absolute atomic E-state index is 0.128. The molecule has 0 aliphatic carbocycles. The molecule has 6 rings (SSSR count). The standard InChI is InChI=1S/C30H29N5O3S/c1-3-24(36)34-15-7-10-21(17-34)32-28(37)27-26-25-22(13-14-31-29(25)39-27)35(30(38)33-26)23-16-20(12-11-18(23)2)19-8-5-4-6-9-19/h3-6,8-9,11-14,16,21,26-27H,1,7,10,15,17H2,2H3,(H,32,37)(H,33,38)/t21?,26?,27-/m1/s1. The van der Waals surface area contributed by atoms with Crippen molar-refractivity contribution in [2.45, 2.75) is 42.1 Å². The first-order valence-electron chi connectivity index (χ1n) is 13.1. The predicted octanol–water partition coefficient (Wildman–Crippen LogP) is 4.73. The van der Waals surface area contributed by atoms with Crippen LogP contribution in [0.3, 0.4) is 0 Å². The van der Waals surface area contributed by atoms with Gasteiger partial charge in [-0.25, -0.2) is 9.78 Å². The number of hydrogen-bond acceptors (Lipinski definition) is 5. The number of benzene rings is 2. The topological polar surface area (TPSA) is 94.6 Å². The molecular weight excluding hydrogens is 510 g/mol. The molecule has 1 fully saturated rings. The van der Waals surface area contributed by atoms with Crippen LogP contribution in [0.4, 0.5) is 16.2 Å². The van der Waals surface area contributed by atoms with Gasteiger partial charge in [-0.1, -0.05) is 60.8 Å². The van der Waals surface area contributed by atoms with Crippen molar-refractivity contribution in [2.24, 2.45) is 0 Å². The third-order valence-electron chi connectivity index (χ3n) is 7.58. The first-order valence-corrected chi connectivity index (χ1v) is 14.0. The Balaban J connectivity index is 1.28. The van der Waals surface area contributed by atoms with Crippen LogP contribution in [0, 0.1) is 6.92 Å². The van der Waals surface area contributed by atoms with Crippen LogP contribution >= 0.6 is 11.8 Å². The Morgan fingerprint density at radius 2 is 1.95 bits per heavy atom. The molecular formula is C30H29N5O3S. The summed E-state index contributed by atoms with van der Waals surface area (Å²) < 4.78 is 0. The van der Waals surface area contributed by atoms with Gasteiger partial charge >= 0.3 is 6.03 Å². The second-order valence-electron chi connectivity index (χ2n) is 10.1. The van der Waals surface area contributed by atoms with Crippen molar-refractivity contribution in [3.05, 3.63) is 84.6 Å². The lowest BCUT2D eigenvalue weighted by Crippen LogP contribution is -2.53. The summed E-state index contributed by atoms with van der Waals surface area (Å²) in [7, 11) is 0. The zero-order chi connectivity index (χ0) is 27.1. The molecule has 3 aliphatic rings. The molecule has 2 unspecified atom stereocenters. The van der Waals surface area contributed by atoms with E-state index in [0.717, 1.165) is 51.5 Å². The first-order chi connectivity index (χ1) is 18.9. The van der Waals surface area contributed by atoms with E-state index in [1.54, 1.807) is 16.0 Å². The van der Waals surface area contributed by atoms with E-state index in [1.807, 2.05) is 55.5 Å². The van der Waals surface area contributed by atoms with Gasteiger partial charge in [-0.2, -0.15) is 0 Å². The molecule has 198 valence electrons. The summed E-state index contributed by atoms with van der Waals surface area (Å²) >= 11 is 1.37. The van der Waals surface area contributed by atoms with Crippen molar-refractivity contribution < 1.29 is 14.4 Å². The van der Waals surface area contributed by atoms with Crippen LogP contribution < -0.4 is 15.5 Å². The van der Waals surface area contributed by atoms with Crippen molar-refractivity contribution in [1.29, 1.82) is 0 Å². The van der Waals surface area contributed by atoms with E-state index in [9.17, 15) is 14.4 Å². The third-order valence-corrected chi connectivity index (χ3v) is 8.86. The van der Waals surface area contributed by atoms with Gasteiger partial charge in [0.25, 0.3) is 0 Å². The number of nitrogens with zero attached hydrogens (tertiary/aromatic N) is 3. The van der Waals surface area contributed by atoms with Gasteiger partial charge in [0.1, 0.15) is 10.3 Å². The fraction of sp³-hybridized carbons (Fsp3) is 0.267. The zero-order valence-corrected chi connectivity index (χ0v) is 22.4. The average Bonchev–Trinajstić information content (AvgIpc) is 3.33. The van der Waals surface area contributed by atoms with Gasteiger partial charge in [-0.05, 0) is 54.7 Å². The lowest BCUT2D eigenvalue weighted by molar-refractivity contribution is -0.129. The maximum Gasteiger partial charge on any atom is 0.327 e. The van der Waals surface area contributed by atoms with Gasteiger partial charge in [0.05, 0.1) is 17.4 Å². The van der Waals surface area contributed by atoms with E-state index in [4.69, 9.17) is 0 Å². The maximum atomic E-state index is 13.7. The molecule has 4 amide bonds. The summed E-state index contributed by atoms with van der Waals surface area (Å²) in [5, 5.41) is 6.41. The highest BCUT2D eigenvalue weighted by Gasteiger charge is 2.47. The highest BCUT2D eigenvalue weighted by Crippen LogP contribution is 2.51. The molecule has 0 bridgehead atoms. The van der Waals surface area contributed by atoms with Crippen molar-refractivity contribution in [3.63, 3.8) is 0 Å². The van der Waals surface area contributed by atoms with E-state index in [-0.39, 0.29) is 23.9 Å². The van der Waals surface area contributed by atoms with Crippen molar-refractivity contribution in [2.75, 3.05) is 18.0 Å². The van der Waals surface area contributed by atoms with Crippen LogP contribution in [0.15, 0.2) is 78.5 Å². The minimum Gasteiger partial charge on any atom is -0.351 e. The normalized spacial score (nSPS) is 21.7. The number of rotatable bonds is 5. The molecule has 8 nitrogen and oxygen atoms in total. The number of carbonyl (C=O) groups excluding carboxylic acids is 3. The number of hydrogen-bond donors (Lipinski definition) is 2. The van der Waals surface area contributed by atoms with E-state index in [1.165, 1.54) is 17.8 Å². The van der Waals surface area contributed by atoms with Crippen molar-refractivity contribution in [1.82, 2.24) is 20.5 Å². The number of amides is 4. The van der Waals surface area contributed by atoms with Gasteiger partial charge < -0.3 is 15.5 Å². The van der Waals surface area contributed by atoms with Gasteiger partial charge in [0.2, 0.25) is 11.8 Å². The number of aromatic nitrogens is 1. The molecule has 3 atom stereocenters. The molecule has 9 heteroatoms.